The normalized spacial score (nSPS) is 14.4. The molecule has 0 radical (unpaired) electrons. The molecule has 0 aliphatic carbocycles. The van der Waals surface area contributed by atoms with E-state index in [0.717, 1.165) is 26.2 Å². The van der Waals surface area contributed by atoms with E-state index in [0.29, 0.717) is 0 Å². The summed E-state index contributed by atoms with van der Waals surface area (Å²) in [6.07, 6.45) is 0. The molecule has 0 amide bonds. The van der Waals surface area contributed by atoms with E-state index in [1.807, 2.05) is 0 Å². The van der Waals surface area contributed by atoms with Gasteiger partial charge in [0.05, 0.1) is 33.5 Å². The average Bonchev–Trinajstić information content (AvgIpc) is 3.61. The quantitative estimate of drug-likeness (QED) is 0.0607. The second-order valence-electron chi connectivity index (χ2n) is 12.7. The number of rotatable bonds is 7. The van der Waals surface area contributed by atoms with Crippen LogP contribution in [0.1, 0.15) is 11.1 Å². The van der Waals surface area contributed by atoms with Crippen LogP contribution < -0.4 is 21.2 Å². The van der Waals surface area contributed by atoms with Crippen LogP contribution in [0.15, 0.2) is 97.1 Å². The Morgan fingerprint density at radius 3 is 1.15 bits per heavy atom. The van der Waals surface area contributed by atoms with Gasteiger partial charge in [-0.15, -0.1) is 23.2 Å². The van der Waals surface area contributed by atoms with Crippen LogP contribution in [0.3, 0.4) is 0 Å². The SMILES string of the molecule is Cc1cccc(P(C2=[N+](C)CCN2C)C2=[N+](C)CCN2C)c1-c1c(C)cccc1P(c1ccccc1)c1ccccc1.ClCCl.F[B-](F)(F)F.F[B-](F)(F)F. The van der Waals surface area contributed by atoms with Gasteiger partial charge in [0.25, 0.3) is 11.2 Å². The molecule has 4 aromatic carbocycles. The summed E-state index contributed by atoms with van der Waals surface area (Å²) >= 11 is 9.53. The molecule has 6 rings (SSSR count). The second-order valence-corrected chi connectivity index (χ2v) is 17.6. The van der Waals surface area contributed by atoms with Crippen molar-refractivity contribution in [3.63, 3.8) is 0 Å². The lowest BCUT2D eigenvalue weighted by Gasteiger charge is -2.28. The fourth-order valence-electron chi connectivity index (χ4n) is 6.48. The van der Waals surface area contributed by atoms with Crippen LogP contribution in [0, 0.1) is 13.8 Å². The Hall–Kier alpha value is -3.17. The number of halogens is 10. The number of likely N-dealkylation sites (N-methyl/N-ethyl adjacent to an activating group) is 4. The van der Waals surface area contributed by atoms with Crippen LogP contribution in [0.4, 0.5) is 34.5 Å². The lowest BCUT2D eigenvalue weighted by Crippen LogP contribution is -2.36. The summed E-state index contributed by atoms with van der Waals surface area (Å²) in [5.74, 6) is 0. The zero-order valence-corrected chi connectivity index (χ0v) is 34.7. The van der Waals surface area contributed by atoms with E-state index in [1.165, 1.54) is 54.6 Å². The maximum absolute atomic E-state index is 9.75. The first-order valence-electron chi connectivity index (χ1n) is 17.1. The van der Waals surface area contributed by atoms with Crippen LogP contribution in [-0.4, -0.2) is 104 Å². The molecule has 55 heavy (non-hydrogen) atoms. The molecule has 0 unspecified atom stereocenters. The van der Waals surface area contributed by atoms with Crippen LogP contribution in [-0.2, 0) is 0 Å². The highest BCUT2D eigenvalue weighted by molar-refractivity contribution is 7.95. The Kier molecular flexibility index (Phi) is 17.5. The molecule has 0 bridgehead atoms. The first kappa shape index (κ1) is 46.2. The zero-order valence-electron chi connectivity index (χ0n) is 31.4. The summed E-state index contributed by atoms with van der Waals surface area (Å²) in [4.78, 5) is 5.01. The van der Waals surface area contributed by atoms with Crippen molar-refractivity contribution in [2.75, 3.05) is 59.7 Å². The molecule has 0 saturated carbocycles. The number of benzene rings is 4. The molecular weight excluding hydrogens is 807 g/mol. The number of amidine groups is 2. The predicted molar refractivity (Wildman–Crippen MR) is 221 cm³/mol. The van der Waals surface area contributed by atoms with Gasteiger partial charge in [-0.3, -0.25) is 19.0 Å². The minimum atomic E-state index is -6.00. The van der Waals surface area contributed by atoms with Crippen molar-refractivity contribution in [2.24, 2.45) is 0 Å². The van der Waals surface area contributed by atoms with Gasteiger partial charge in [-0.05, 0) is 59.9 Å². The Morgan fingerprint density at radius 2 is 0.855 bits per heavy atom. The summed E-state index contributed by atoms with van der Waals surface area (Å²) in [6.45, 7) is 8.88. The minimum absolute atomic E-state index is 0.194. The molecule has 0 atom stereocenters. The zero-order chi connectivity index (χ0) is 41.1. The molecule has 2 aliphatic heterocycles. The maximum Gasteiger partial charge on any atom is 0.673 e. The maximum atomic E-state index is 9.75. The first-order valence-corrected chi connectivity index (χ1v) is 20.9. The van der Waals surface area contributed by atoms with Gasteiger partial charge in [0.1, 0.15) is 26.2 Å². The number of hydrogen-bond acceptors (Lipinski definition) is 2. The summed E-state index contributed by atoms with van der Waals surface area (Å²) in [6, 6.07) is 36.2. The smallest absolute Gasteiger partial charge is 0.418 e. The second kappa shape index (κ2) is 20.8. The molecule has 2 aliphatic rings. The van der Waals surface area contributed by atoms with Gasteiger partial charge in [-0.2, -0.15) is 0 Å². The molecular formula is C37H44B2Cl2F8N4P2. The third kappa shape index (κ3) is 13.5. The van der Waals surface area contributed by atoms with Crippen molar-refractivity contribution in [3.05, 3.63) is 108 Å². The van der Waals surface area contributed by atoms with E-state index < -0.39 is 30.4 Å². The average molecular weight is 851 g/mol. The van der Waals surface area contributed by atoms with Crippen LogP contribution in [0.25, 0.3) is 11.1 Å². The molecule has 0 fully saturated rings. The number of nitrogens with zero attached hydrogens (tertiary/aromatic N) is 4. The number of hydrogen-bond donors (Lipinski definition) is 0. The van der Waals surface area contributed by atoms with Crippen molar-refractivity contribution in [2.45, 2.75) is 13.8 Å². The molecule has 298 valence electrons. The Labute approximate surface area is 331 Å². The Morgan fingerprint density at radius 1 is 0.545 bits per heavy atom. The molecule has 4 aromatic rings. The molecule has 18 heteroatoms. The van der Waals surface area contributed by atoms with Gasteiger partial charge in [0, 0.05) is 5.30 Å². The van der Waals surface area contributed by atoms with Gasteiger partial charge in [-0.25, -0.2) is 0 Å². The third-order valence-electron chi connectivity index (χ3n) is 8.57. The van der Waals surface area contributed by atoms with Crippen molar-refractivity contribution in [1.82, 2.24) is 9.80 Å². The van der Waals surface area contributed by atoms with Gasteiger partial charge in [0.2, 0.25) is 0 Å². The summed E-state index contributed by atoms with van der Waals surface area (Å²) in [5, 5.41) is 5.86. The molecule has 0 N–H and O–H groups in total. The molecule has 2 heterocycles. The van der Waals surface area contributed by atoms with Crippen LogP contribution in [0.5, 0.6) is 0 Å². The van der Waals surface area contributed by atoms with Gasteiger partial charge in [0.15, 0.2) is 7.92 Å². The Balaban J connectivity index is 0.000000543. The van der Waals surface area contributed by atoms with Gasteiger partial charge in [-0.1, -0.05) is 97.1 Å². The highest BCUT2D eigenvalue weighted by Gasteiger charge is 2.46. The van der Waals surface area contributed by atoms with Gasteiger partial charge < -0.3 is 34.5 Å². The van der Waals surface area contributed by atoms with Crippen molar-refractivity contribution in [1.29, 1.82) is 0 Å². The third-order valence-corrected chi connectivity index (χ3v) is 14.1. The van der Waals surface area contributed by atoms with E-state index in [9.17, 15) is 34.5 Å². The molecule has 0 spiro atoms. The minimum Gasteiger partial charge on any atom is -0.418 e. The standard InChI is InChI=1S/C36H42N4P2.CH2Cl2.2BF4/c1-27-15-13-21-31(41(29-17-9-7-10-18-29)30-19-11-8-12-20-30)33(27)34-28(2)16-14-22-32(34)42(35-37(3)23-24-38(35)4)36-39(5)25-26-40(36)6;2-1-3;2*2-1(3,4)5/h7-22H,23-26H2,1-6H3;1H2;;/q+2;;2*-1. The summed E-state index contributed by atoms with van der Waals surface area (Å²) in [7, 11) is -4.42. The van der Waals surface area contributed by atoms with E-state index in [4.69, 9.17) is 23.2 Å². The molecule has 0 saturated heterocycles. The number of alkyl halides is 2. The van der Waals surface area contributed by atoms with Crippen molar-refractivity contribution >= 4 is 85.9 Å². The Bertz CT molecular complexity index is 1820. The lowest BCUT2D eigenvalue weighted by molar-refractivity contribution is -0.486. The monoisotopic (exact) mass is 850 g/mol. The first-order chi connectivity index (χ1) is 25.8. The van der Waals surface area contributed by atoms with E-state index in [2.05, 4.69) is 158 Å². The van der Waals surface area contributed by atoms with Crippen LogP contribution in [0.2, 0.25) is 0 Å². The summed E-state index contributed by atoms with van der Waals surface area (Å²) in [5.41, 5.74) is 8.42. The fraction of sp³-hybridized carbons (Fsp3) is 0.297. The van der Waals surface area contributed by atoms with E-state index >= 15 is 0 Å². The summed E-state index contributed by atoms with van der Waals surface area (Å²) < 4.78 is 83.0. The van der Waals surface area contributed by atoms with Gasteiger partial charge >= 0.3 is 14.5 Å². The largest absolute Gasteiger partial charge is 0.673 e. The lowest BCUT2D eigenvalue weighted by atomic mass is 9.96. The molecule has 4 nitrogen and oxygen atoms in total. The fourth-order valence-corrected chi connectivity index (χ4v) is 12.1. The topological polar surface area (TPSA) is 12.5 Å². The molecule has 0 aromatic heterocycles. The highest BCUT2D eigenvalue weighted by Crippen LogP contribution is 2.47. The van der Waals surface area contributed by atoms with Crippen molar-refractivity contribution < 1.29 is 43.7 Å². The highest BCUT2D eigenvalue weighted by atomic mass is 35.5. The van der Waals surface area contributed by atoms with Crippen molar-refractivity contribution in [3.8, 4) is 11.1 Å². The number of aryl methyl sites for hydroxylation is 2. The predicted octanol–water partition coefficient (Wildman–Crippen LogP) is 8.74. The van der Waals surface area contributed by atoms with Crippen LogP contribution >= 0.6 is 39.0 Å². The van der Waals surface area contributed by atoms with E-state index in [1.54, 1.807) is 0 Å². The van der Waals surface area contributed by atoms with E-state index in [-0.39, 0.29) is 5.34 Å².